The lowest BCUT2D eigenvalue weighted by atomic mass is 9.86. The van der Waals surface area contributed by atoms with Crippen molar-refractivity contribution in [2.24, 2.45) is 5.92 Å². The number of nitrogens with one attached hydrogen (secondary N) is 2. The van der Waals surface area contributed by atoms with E-state index in [1.807, 2.05) is 0 Å². The third-order valence-corrected chi connectivity index (χ3v) is 7.71. The number of nitrogens with zero attached hydrogens (tertiary/aromatic N) is 6. The molecule has 1 saturated carbocycles. The van der Waals surface area contributed by atoms with E-state index in [0.717, 1.165) is 17.1 Å². The van der Waals surface area contributed by atoms with Gasteiger partial charge in [0.05, 0.1) is 36.4 Å². The zero-order chi connectivity index (χ0) is 32.7. The van der Waals surface area contributed by atoms with Crippen LogP contribution in [0.2, 0.25) is 0 Å². The van der Waals surface area contributed by atoms with Crippen LogP contribution in [-0.2, 0) is 15.7 Å². The topological polar surface area (TPSA) is 156 Å². The van der Waals surface area contributed by atoms with Crippen LogP contribution >= 0.6 is 0 Å². The fourth-order valence-electron chi connectivity index (χ4n) is 5.66. The van der Waals surface area contributed by atoms with Crippen LogP contribution in [0.15, 0.2) is 24.7 Å². The highest BCUT2D eigenvalue weighted by Gasteiger charge is 2.39. The quantitative estimate of drug-likeness (QED) is 0.332. The molecule has 3 N–H and O–H groups in total. The smallest absolute Gasteiger partial charge is 0.437 e. The monoisotopic (exact) mass is 638 g/mol. The number of carbonyl (C=O) groups is 3. The molecule has 45 heavy (non-hydrogen) atoms. The van der Waals surface area contributed by atoms with E-state index in [-0.39, 0.29) is 36.5 Å². The second kappa shape index (κ2) is 12.2. The maximum atomic E-state index is 14.7. The number of halogens is 4. The van der Waals surface area contributed by atoms with E-state index in [9.17, 15) is 37.1 Å². The molecule has 2 atom stereocenters. The van der Waals surface area contributed by atoms with Crippen molar-refractivity contribution in [3.05, 3.63) is 35.9 Å². The number of fused-ring (bicyclic) bond motifs is 1. The van der Waals surface area contributed by atoms with Crippen molar-refractivity contribution in [3.8, 4) is 0 Å². The first kappa shape index (κ1) is 32.0. The van der Waals surface area contributed by atoms with Gasteiger partial charge >= 0.3 is 18.2 Å². The normalized spacial score (nSPS) is 22.7. The first-order valence-corrected chi connectivity index (χ1v) is 14.5. The van der Waals surface area contributed by atoms with Gasteiger partial charge in [-0.25, -0.2) is 18.7 Å². The predicted octanol–water partition coefficient (Wildman–Crippen LogP) is 4.45. The van der Waals surface area contributed by atoms with Gasteiger partial charge in [-0.15, -0.1) is 0 Å². The van der Waals surface area contributed by atoms with Crippen molar-refractivity contribution < 1.29 is 41.8 Å². The lowest BCUT2D eigenvalue weighted by Crippen LogP contribution is -2.52. The van der Waals surface area contributed by atoms with Gasteiger partial charge in [0.1, 0.15) is 23.2 Å². The highest BCUT2D eigenvalue weighted by molar-refractivity contribution is 6.08. The van der Waals surface area contributed by atoms with Gasteiger partial charge in [-0.2, -0.15) is 23.4 Å². The van der Waals surface area contributed by atoms with Crippen LogP contribution in [0.1, 0.15) is 75.0 Å². The van der Waals surface area contributed by atoms with E-state index < -0.39 is 65.3 Å². The molecule has 0 spiro atoms. The van der Waals surface area contributed by atoms with Gasteiger partial charge in [0.2, 0.25) is 0 Å². The third kappa shape index (κ3) is 7.45. The standard InChI is InChI=1S/C28H34F4N8O5/c1-27(2,3)45-26(44)34-17-10-16(29)12-38(13-17)21-8-9-39-23(36-21)19(11-33-39)24(41)35-20-14-40(37-22(20)28(30,31)32)18-6-4-15(5-7-18)25(42)43/h8-9,11,14-18H,4-7,10,12-13H2,1-3H3,(H,34,44)(H,35,41)(H,42,43)/t15?,16-,17-,18?/m1/s1. The fourth-order valence-corrected chi connectivity index (χ4v) is 5.66. The van der Waals surface area contributed by atoms with Gasteiger partial charge in [0, 0.05) is 25.4 Å². The molecular formula is C28H34F4N8O5. The van der Waals surface area contributed by atoms with Crippen molar-refractivity contribution in [1.82, 2.24) is 29.7 Å². The van der Waals surface area contributed by atoms with Crippen LogP contribution in [0.3, 0.4) is 0 Å². The minimum absolute atomic E-state index is 0.0237. The number of hydrogen-bond acceptors (Lipinski definition) is 8. The van der Waals surface area contributed by atoms with Crippen LogP contribution in [0.4, 0.5) is 33.9 Å². The van der Waals surface area contributed by atoms with Crippen molar-refractivity contribution in [1.29, 1.82) is 0 Å². The molecule has 1 aliphatic carbocycles. The Morgan fingerprint density at radius 1 is 1.09 bits per heavy atom. The number of anilines is 2. The number of aromatic nitrogens is 5. The number of carboxylic acids is 1. The number of hydrogen-bond donors (Lipinski definition) is 3. The van der Waals surface area contributed by atoms with Gasteiger partial charge in [0.15, 0.2) is 11.3 Å². The summed E-state index contributed by atoms with van der Waals surface area (Å²) in [7, 11) is 0. The molecule has 5 rings (SSSR count). The molecule has 0 radical (unpaired) electrons. The van der Waals surface area contributed by atoms with Crippen molar-refractivity contribution in [2.45, 2.75) is 82.9 Å². The Labute approximate surface area is 254 Å². The van der Waals surface area contributed by atoms with E-state index in [4.69, 9.17) is 4.74 Å². The van der Waals surface area contributed by atoms with E-state index in [2.05, 4.69) is 25.8 Å². The number of carbonyl (C=O) groups excluding carboxylic acids is 2. The number of aliphatic carboxylic acids is 1. The summed E-state index contributed by atoms with van der Waals surface area (Å²) < 4.78 is 64.2. The highest BCUT2D eigenvalue weighted by atomic mass is 19.4. The molecule has 244 valence electrons. The Bertz CT molecular complexity index is 1570. The lowest BCUT2D eigenvalue weighted by Gasteiger charge is -2.36. The number of rotatable bonds is 6. The second-order valence-electron chi connectivity index (χ2n) is 12.4. The Hall–Kier alpha value is -4.44. The molecule has 17 heteroatoms. The minimum Gasteiger partial charge on any atom is -0.481 e. The molecule has 3 aromatic heterocycles. The summed E-state index contributed by atoms with van der Waals surface area (Å²) in [6.07, 6.45) is -1.79. The Kier molecular flexibility index (Phi) is 8.64. The number of alkyl carbamates (subject to hydrolysis) is 1. The molecular weight excluding hydrogens is 604 g/mol. The first-order chi connectivity index (χ1) is 21.1. The lowest BCUT2D eigenvalue weighted by molar-refractivity contribution is -0.143. The minimum atomic E-state index is -4.88. The summed E-state index contributed by atoms with van der Waals surface area (Å²) in [5.41, 5.74) is -2.68. The van der Waals surface area contributed by atoms with Crippen LogP contribution in [0.5, 0.6) is 0 Å². The van der Waals surface area contributed by atoms with Gasteiger partial charge in [-0.3, -0.25) is 14.3 Å². The molecule has 0 bridgehead atoms. The van der Waals surface area contributed by atoms with E-state index >= 15 is 0 Å². The Balaban J connectivity index is 1.34. The average Bonchev–Trinajstić information content (AvgIpc) is 3.56. The average molecular weight is 639 g/mol. The molecule has 2 aliphatic rings. The fraction of sp³-hybridized carbons (Fsp3) is 0.571. The predicted molar refractivity (Wildman–Crippen MR) is 152 cm³/mol. The largest absolute Gasteiger partial charge is 0.481 e. The molecule has 3 aromatic rings. The SMILES string of the molecule is CC(C)(C)OC(=O)N[C@@H]1C[C@@H](F)CN(c2ccn3ncc(C(=O)Nc4cn(C5CCC(C(=O)O)CC5)nc4C(F)(F)F)c3n2)C1. The summed E-state index contributed by atoms with van der Waals surface area (Å²) in [5, 5.41) is 22.0. The zero-order valence-corrected chi connectivity index (χ0v) is 24.8. The summed E-state index contributed by atoms with van der Waals surface area (Å²) in [6.45, 7) is 5.29. The van der Waals surface area contributed by atoms with Crippen LogP contribution in [-0.4, -0.2) is 78.4 Å². The van der Waals surface area contributed by atoms with Crippen LogP contribution in [0, 0.1) is 5.92 Å². The molecule has 2 amide bonds. The summed E-state index contributed by atoms with van der Waals surface area (Å²) in [6, 6.07) is 0.506. The van der Waals surface area contributed by atoms with Gasteiger partial charge in [-0.05, 0) is 52.5 Å². The second-order valence-corrected chi connectivity index (χ2v) is 12.4. The number of carboxylic acid groups (broad SMARTS) is 1. The number of alkyl halides is 4. The maximum Gasteiger partial charge on any atom is 0.437 e. The molecule has 0 aromatic carbocycles. The number of piperidine rings is 1. The van der Waals surface area contributed by atoms with E-state index in [0.29, 0.717) is 25.7 Å². The van der Waals surface area contributed by atoms with E-state index in [1.54, 1.807) is 31.7 Å². The molecule has 4 heterocycles. The summed E-state index contributed by atoms with van der Waals surface area (Å²) >= 11 is 0. The molecule has 1 aliphatic heterocycles. The molecule has 1 saturated heterocycles. The Morgan fingerprint density at radius 2 is 1.80 bits per heavy atom. The zero-order valence-electron chi connectivity index (χ0n) is 24.8. The molecule has 13 nitrogen and oxygen atoms in total. The van der Waals surface area contributed by atoms with Gasteiger partial charge in [0.25, 0.3) is 5.91 Å². The van der Waals surface area contributed by atoms with Crippen LogP contribution in [0.25, 0.3) is 5.65 Å². The van der Waals surface area contributed by atoms with Gasteiger partial charge < -0.3 is 25.4 Å². The maximum absolute atomic E-state index is 14.7. The Morgan fingerprint density at radius 3 is 2.44 bits per heavy atom. The number of ether oxygens (including phenoxy) is 1. The van der Waals surface area contributed by atoms with Crippen molar-refractivity contribution in [3.63, 3.8) is 0 Å². The molecule has 0 unspecified atom stereocenters. The van der Waals surface area contributed by atoms with Crippen molar-refractivity contribution >= 4 is 35.1 Å². The van der Waals surface area contributed by atoms with E-state index in [1.165, 1.54) is 10.7 Å². The molecule has 2 fully saturated rings. The first-order valence-electron chi connectivity index (χ1n) is 14.5. The van der Waals surface area contributed by atoms with Gasteiger partial charge in [-0.1, -0.05) is 0 Å². The van der Waals surface area contributed by atoms with Crippen LogP contribution < -0.4 is 15.5 Å². The highest BCUT2D eigenvalue weighted by Crippen LogP contribution is 2.38. The number of amides is 2. The summed E-state index contributed by atoms with van der Waals surface area (Å²) in [4.78, 5) is 42.9. The summed E-state index contributed by atoms with van der Waals surface area (Å²) in [5.74, 6) is -2.14. The van der Waals surface area contributed by atoms with Crippen molar-refractivity contribution in [2.75, 3.05) is 23.3 Å². The third-order valence-electron chi connectivity index (χ3n) is 7.71.